The van der Waals surface area contributed by atoms with E-state index in [0.717, 1.165) is 0 Å². The van der Waals surface area contributed by atoms with Gasteiger partial charge in [-0.25, -0.2) is 0 Å². The molecule has 3 aliphatic rings. The summed E-state index contributed by atoms with van der Waals surface area (Å²) in [4.78, 5) is 40.4. The number of nitrogens with two attached hydrogens (primary N) is 1. The molecule has 2 aromatic rings. The number of fused-ring (bicyclic) bond motifs is 3. The summed E-state index contributed by atoms with van der Waals surface area (Å²) in [7, 11) is 1.47. The van der Waals surface area contributed by atoms with Crippen molar-refractivity contribution < 1.29 is 44.7 Å². The molecular formula is C34H41NO9. The number of benzene rings is 2. The van der Waals surface area contributed by atoms with Crippen LogP contribution >= 0.6 is 0 Å². The molecule has 2 fully saturated rings. The summed E-state index contributed by atoms with van der Waals surface area (Å²) in [6.07, 6.45) is 0.849. The van der Waals surface area contributed by atoms with Gasteiger partial charge >= 0.3 is 0 Å². The van der Waals surface area contributed by atoms with Crippen LogP contribution in [0.25, 0.3) is 6.08 Å². The first kappa shape index (κ1) is 31.7. The van der Waals surface area contributed by atoms with Crippen LogP contribution in [0.2, 0.25) is 0 Å². The molecule has 0 bridgehead atoms. The van der Waals surface area contributed by atoms with Crippen LogP contribution < -0.4 is 10.5 Å². The molecule has 2 unspecified atom stereocenters. The number of carbonyl (C=O) groups excluding carboxylic acids is 3. The molecule has 10 heteroatoms. The lowest BCUT2D eigenvalue weighted by Crippen LogP contribution is -2.79. The van der Waals surface area contributed by atoms with Crippen molar-refractivity contribution in [1.82, 2.24) is 0 Å². The molecule has 1 amide bonds. The van der Waals surface area contributed by atoms with Crippen molar-refractivity contribution in [2.45, 2.75) is 64.8 Å². The van der Waals surface area contributed by atoms with Crippen molar-refractivity contribution in [2.75, 3.05) is 7.11 Å². The topological polar surface area (TPSA) is 188 Å². The van der Waals surface area contributed by atoms with Gasteiger partial charge in [0.15, 0.2) is 28.7 Å². The van der Waals surface area contributed by atoms with Gasteiger partial charge in [0.25, 0.3) is 0 Å². The number of aromatic hydroxyl groups is 2. The van der Waals surface area contributed by atoms with Crippen molar-refractivity contribution in [3.8, 4) is 17.2 Å². The standard InChI is InChI=1S/C34H41NO9/c1-16(2)24-28(39)23(31(35)42)29(40)34(43)30(41)25-27(38)22-19(14-32(25,3)15-33(24,34)4)17(12-13-20(22)36)8-6-9-18-10-7-11-21(44-5)26(18)37/h6-8,10-13,16,23-25,28,30,36-37,39,41,43H,9,14-15H2,1-5H3,(H2,35,42)/t23-,24+,25-,28?,30?,32-,33-,34+/m1/s1. The van der Waals surface area contributed by atoms with Crippen LogP contribution in [0.4, 0.5) is 0 Å². The third kappa shape index (κ3) is 4.29. The minimum Gasteiger partial charge on any atom is -0.507 e. The Balaban J connectivity index is 1.60. The van der Waals surface area contributed by atoms with Gasteiger partial charge in [0.2, 0.25) is 5.91 Å². The van der Waals surface area contributed by atoms with E-state index in [-0.39, 0.29) is 35.8 Å². The van der Waals surface area contributed by atoms with Gasteiger partial charge in [0.1, 0.15) is 17.8 Å². The second-order valence-electron chi connectivity index (χ2n) is 13.6. The highest BCUT2D eigenvalue weighted by Gasteiger charge is 2.75. The van der Waals surface area contributed by atoms with E-state index in [1.807, 2.05) is 13.0 Å². The molecule has 5 rings (SSSR count). The van der Waals surface area contributed by atoms with Crippen molar-refractivity contribution >= 4 is 23.5 Å². The lowest BCUT2D eigenvalue weighted by atomic mass is 9.39. The largest absolute Gasteiger partial charge is 0.507 e. The van der Waals surface area contributed by atoms with Gasteiger partial charge in [-0.05, 0) is 59.8 Å². The van der Waals surface area contributed by atoms with Gasteiger partial charge in [-0.1, -0.05) is 58.0 Å². The van der Waals surface area contributed by atoms with E-state index < -0.39 is 63.9 Å². The number of aliphatic hydroxyl groups is 3. The number of primary amides is 1. The molecule has 2 aromatic carbocycles. The average Bonchev–Trinajstić information content (AvgIpc) is 2.92. The zero-order chi connectivity index (χ0) is 32.5. The molecule has 0 aliphatic heterocycles. The van der Waals surface area contributed by atoms with Crippen LogP contribution in [0.15, 0.2) is 36.4 Å². The van der Waals surface area contributed by atoms with Crippen LogP contribution in [-0.2, 0) is 22.4 Å². The predicted octanol–water partition coefficient (Wildman–Crippen LogP) is 2.54. The Morgan fingerprint density at radius 1 is 1.14 bits per heavy atom. The minimum atomic E-state index is -2.55. The van der Waals surface area contributed by atoms with Crippen LogP contribution in [0.1, 0.15) is 61.2 Å². The number of phenolic OH excluding ortho intramolecular Hbond substituents is 2. The van der Waals surface area contributed by atoms with E-state index in [1.54, 1.807) is 51.1 Å². The summed E-state index contributed by atoms with van der Waals surface area (Å²) in [6.45, 7) is 7.05. The van der Waals surface area contributed by atoms with Gasteiger partial charge in [-0.3, -0.25) is 14.4 Å². The molecule has 3 aliphatic carbocycles. The summed E-state index contributed by atoms with van der Waals surface area (Å²) in [5.74, 6) is -6.91. The molecule has 0 aromatic heterocycles. The van der Waals surface area contributed by atoms with Crippen molar-refractivity contribution in [2.24, 2.45) is 40.2 Å². The zero-order valence-electron chi connectivity index (χ0n) is 25.6. The number of aliphatic hydroxyl groups excluding tert-OH is 2. The number of rotatable bonds is 6. The summed E-state index contributed by atoms with van der Waals surface area (Å²) in [5, 5.41) is 56.7. The number of methoxy groups -OCH3 is 1. The number of carbonyl (C=O) groups is 3. The number of Topliss-reactive ketones (excluding diaryl/α,β-unsaturated/α-hetero) is 2. The molecule has 44 heavy (non-hydrogen) atoms. The first-order valence-electron chi connectivity index (χ1n) is 14.9. The smallest absolute Gasteiger partial charge is 0.230 e. The Labute approximate surface area is 256 Å². The Morgan fingerprint density at radius 2 is 1.82 bits per heavy atom. The normalized spacial score (nSPS) is 34.9. The maximum absolute atomic E-state index is 14.2. The van der Waals surface area contributed by atoms with Crippen LogP contribution in [0, 0.1) is 34.5 Å². The first-order valence-corrected chi connectivity index (χ1v) is 14.9. The molecular weight excluding hydrogens is 566 g/mol. The van der Waals surface area contributed by atoms with Crippen LogP contribution in [-0.4, -0.2) is 67.9 Å². The monoisotopic (exact) mass is 607 g/mol. The van der Waals surface area contributed by atoms with E-state index in [2.05, 4.69) is 0 Å². The number of hydrogen-bond donors (Lipinski definition) is 6. The fraction of sp³-hybridized carbons (Fsp3) is 0.500. The SMILES string of the molecule is COc1cccc(CC=Cc2ccc(O)c3c2C[C@]2(C)C[C@]4(C)[C@@H](C(C)C)C(O)[C@@H](C(N)=O)C(=O)[C@]4(O)C(O)[C@H]2C3=O)c1O. The van der Waals surface area contributed by atoms with Crippen molar-refractivity contribution in [3.05, 3.63) is 58.7 Å². The highest BCUT2D eigenvalue weighted by atomic mass is 16.5. The van der Waals surface area contributed by atoms with E-state index in [9.17, 15) is 39.9 Å². The number of amides is 1. The number of para-hydroxylation sites is 1. The fourth-order valence-electron chi connectivity index (χ4n) is 8.92. The first-order chi connectivity index (χ1) is 20.5. The number of hydrogen-bond acceptors (Lipinski definition) is 9. The quantitative estimate of drug-likeness (QED) is 0.268. The molecule has 0 heterocycles. The minimum absolute atomic E-state index is 0.000240. The highest BCUT2D eigenvalue weighted by Crippen LogP contribution is 2.65. The van der Waals surface area contributed by atoms with Gasteiger partial charge in [-0.15, -0.1) is 0 Å². The van der Waals surface area contributed by atoms with E-state index in [4.69, 9.17) is 10.5 Å². The Morgan fingerprint density at radius 3 is 2.43 bits per heavy atom. The summed E-state index contributed by atoms with van der Waals surface area (Å²) in [6, 6.07) is 8.26. The molecule has 10 nitrogen and oxygen atoms in total. The maximum atomic E-state index is 14.2. The molecule has 8 atom stereocenters. The van der Waals surface area contributed by atoms with Crippen molar-refractivity contribution in [3.63, 3.8) is 0 Å². The van der Waals surface area contributed by atoms with E-state index >= 15 is 0 Å². The third-order valence-corrected chi connectivity index (χ3v) is 10.6. The molecule has 2 saturated carbocycles. The molecule has 7 N–H and O–H groups in total. The highest BCUT2D eigenvalue weighted by molar-refractivity contribution is 6.09. The predicted molar refractivity (Wildman–Crippen MR) is 161 cm³/mol. The number of phenols is 2. The number of ether oxygens (including phenoxy) is 1. The van der Waals surface area contributed by atoms with Gasteiger partial charge < -0.3 is 36.0 Å². The summed E-state index contributed by atoms with van der Waals surface area (Å²) < 4.78 is 5.19. The average molecular weight is 608 g/mol. The molecule has 0 saturated heterocycles. The zero-order valence-corrected chi connectivity index (χ0v) is 25.6. The third-order valence-electron chi connectivity index (χ3n) is 10.6. The van der Waals surface area contributed by atoms with E-state index in [1.165, 1.54) is 13.2 Å². The maximum Gasteiger partial charge on any atom is 0.230 e. The molecule has 236 valence electrons. The Bertz CT molecular complexity index is 1570. The van der Waals surface area contributed by atoms with E-state index in [0.29, 0.717) is 28.9 Å². The lowest BCUT2D eigenvalue weighted by molar-refractivity contribution is -0.265. The van der Waals surface area contributed by atoms with Gasteiger partial charge in [-0.2, -0.15) is 0 Å². The number of allylic oxidation sites excluding steroid dienone is 1. The fourth-order valence-corrected chi connectivity index (χ4v) is 8.92. The Hall–Kier alpha value is -3.73. The van der Waals surface area contributed by atoms with Crippen LogP contribution in [0.3, 0.4) is 0 Å². The summed E-state index contributed by atoms with van der Waals surface area (Å²) >= 11 is 0. The van der Waals surface area contributed by atoms with Crippen molar-refractivity contribution in [1.29, 1.82) is 0 Å². The molecule has 0 radical (unpaired) electrons. The second-order valence-corrected chi connectivity index (χ2v) is 13.6. The molecule has 0 spiro atoms. The Kier molecular flexibility index (Phi) is 7.72. The van der Waals surface area contributed by atoms with Crippen LogP contribution in [0.5, 0.6) is 17.2 Å². The number of ketones is 2. The summed E-state index contributed by atoms with van der Waals surface area (Å²) in [5.41, 5.74) is 2.39. The van der Waals surface area contributed by atoms with Gasteiger partial charge in [0, 0.05) is 11.0 Å². The lowest BCUT2D eigenvalue weighted by Gasteiger charge is -2.66. The van der Waals surface area contributed by atoms with Gasteiger partial charge in [0.05, 0.1) is 24.7 Å². The second kappa shape index (κ2) is 10.7.